The van der Waals surface area contributed by atoms with Crippen LogP contribution < -0.4 is 5.32 Å². The molecule has 2 saturated carbocycles. The van der Waals surface area contributed by atoms with Crippen molar-refractivity contribution in [2.45, 2.75) is 71.3 Å². The third-order valence-electron chi connectivity index (χ3n) is 4.70. The Morgan fingerprint density at radius 2 is 1.75 bits per heavy atom. The molecule has 1 N–H and O–H groups in total. The Morgan fingerprint density at radius 1 is 1.06 bits per heavy atom. The van der Waals surface area contributed by atoms with E-state index in [-0.39, 0.29) is 0 Å². The van der Waals surface area contributed by atoms with Gasteiger partial charge in [-0.3, -0.25) is 0 Å². The van der Waals surface area contributed by atoms with Crippen molar-refractivity contribution in [3.05, 3.63) is 0 Å². The van der Waals surface area contributed by atoms with Crippen LogP contribution in [-0.2, 0) is 0 Å². The second-order valence-electron chi connectivity index (χ2n) is 6.23. The van der Waals surface area contributed by atoms with Gasteiger partial charge in [-0.25, -0.2) is 0 Å². The lowest BCUT2D eigenvalue weighted by atomic mass is 9.83. The normalized spacial score (nSPS) is 32.6. The maximum Gasteiger partial charge on any atom is 0.00673 e. The molecule has 1 atom stereocenters. The quantitative estimate of drug-likeness (QED) is 0.718. The van der Waals surface area contributed by atoms with Gasteiger partial charge < -0.3 is 5.32 Å². The Labute approximate surface area is 101 Å². The predicted molar refractivity (Wildman–Crippen MR) is 70.5 cm³/mol. The number of hydrogen-bond acceptors (Lipinski definition) is 1. The summed E-state index contributed by atoms with van der Waals surface area (Å²) in [5.74, 6) is 3.03. The molecule has 2 rings (SSSR count). The monoisotopic (exact) mass is 223 g/mol. The summed E-state index contributed by atoms with van der Waals surface area (Å²) in [7, 11) is 0. The van der Waals surface area contributed by atoms with Crippen molar-refractivity contribution in [2.24, 2.45) is 17.8 Å². The van der Waals surface area contributed by atoms with Crippen molar-refractivity contribution in [3.63, 3.8) is 0 Å². The van der Waals surface area contributed by atoms with Crippen LogP contribution in [0.5, 0.6) is 0 Å². The SMILES string of the molecule is CCCC1CCC(NCC(C)C2CC2)CC1. The average Bonchev–Trinajstić information content (AvgIpc) is 3.12. The fourth-order valence-electron chi connectivity index (χ4n) is 3.25. The van der Waals surface area contributed by atoms with Gasteiger partial charge in [0.25, 0.3) is 0 Å². The topological polar surface area (TPSA) is 12.0 Å². The third-order valence-corrected chi connectivity index (χ3v) is 4.70. The van der Waals surface area contributed by atoms with Crippen molar-refractivity contribution < 1.29 is 0 Å². The molecule has 1 unspecified atom stereocenters. The molecular weight excluding hydrogens is 194 g/mol. The van der Waals surface area contributed by atoms with Crippen LogP contribution in [0.4, 0.5) is 0 Å². The van der Waals surface area contributed by atoms with Gasteiger partial charge in [-0.1, -0.05) is 26.7 Å². The van der Waals surface area contributed by atoms with E-state index in [1.54, 1.807) is 0 Å². The van der Waals surface area contributed by atoms with Crippen molar-refractivity contribution in [1.82, 2.24) is 5.32 Å². The highest BCUT2D eigenvalue weighted by Gasteiger charge is 2.28. The van der Waals surface area contributed by atoms with Gasteiger partial charge in [-0.15, -0.1) is 0 Å². The van der Waals surface area contributed by atoms with Gasteiger partial charge >= 0.3 is 0 Å². The molecule has 1 heteroatoms. The van der Waals surface area contributed by atoms with Crippen LogP contribution >= 0.6 is 0 Å². The van der Waals surface area contributed by atoms with Crippen molar-refractivity contribution in [3.8, 4) is 0 Å². The van der Waals surface area contributed by atoms with Gasteiger partial charge in [0.15, 0.2) is 0 Å². The fraction of sp³-hybridized carbons (Fsp3) is 1.00. The first-order valence-corrected chi connectivity index (χ1v) is 7.53. The minimum atomic E-state index is 0.842. The number of nitrogens with one attached hydrogen (secondary N) is 1. The molecule has 1 nitrogen and oxygen atoms in total. The Hall–Kier alpha value is -0.0400. The predicted octanol–water partition coefficient (Wildman–Crippen LogP) is 3.98. The molecule has 0 aromatic carbocycles. The summed E-state index contributed by atoms with van der Waals surface area (Å²) in [6.07, 6.45) is 11.6. The van der Waals surface area contributed by atoms with E-state index in [4.69, 9.17) is 0 Å². The molecule has 0 aromatic rings. The van der Waals surface area contributed by atoms with Crippen molar-refractivity contribution >= 4 is 0 Å². The van der Waals surface area contributed by atoms with Crippen LogP contribution in [0, 0.1) is 17.8 Å². The highest BCUT2D eigenvalue weighted by Crippen LogP contribution is 2.36. The molecule has 0 heterocycles. The summed E-state index contributed by atoms with van der Waals surface area (Å²) < 4.78 is 0. The Bertz CT molecular complexity index is 190. The van der Waals surface area contributed by atoms with Crippen LogP contribution in [0.1, 0.15) is 65.2 Å². The third kappa shape index (κ3) is 3.76. The molecule has 0 saturated heterocycles. The van der Waals surface area contributed by atoms with Crippen molar-refractivity contribution in [2.75, 3.05) is 6.54 Å². The van der Waals surface area contributed by atoms with Gasteiger partial charge in [-0.05, 0) is 62.8 Å². The maximum absolute atomic E-state index is 3.81. The van der Waals surface area contributed by atoms with Crippen LogP contribution in [0.15, 0.2) is 0 Å². The van der Waals surface area contributed by atoms with Crippen LogP contribution in [0.25, 0.3) is 0 Å². The molecule has 0 spiro atoms. The van der Waals surface area contributed by atoms with E-state index in [2.05, 4.69) is 19.2 Å². The van der Waals surface area contributed by atoms with Gasteiger partial charge in [-0.2, -0.15) is 0 Å². The lowest BCUT2D eigenvalue weighted by Gasteiger charge is -2.30. The molecule has 2 aliphatic rings. The van der Waals surface area contributed by atoms with E-state index in [9.17, 15) is 0 Å². The lowest BCUT2D eigenvalue weighted by molar-refractivity contribution is 0.268. The Morgan fingerprint density at radius 3 is 2.31 bits per heavy atom. The minimum absolute atomic E-state index is 0.842. The average molecular weight is 223 g/mol. The highest BCUT2D eigenvalue weighted by atomic mass is 14.9. The lowest BCUT2D eigenvalue weighted by Crippen LogP contribution is -2.36. The Balaban J connectivity index is 1.57. The number of rotatable bonds is 6. The summed E-state index contributed by atoms with van der Waals surface area (Å²) in [6.45, 7) is 6.02. The van der Waals surface area contributed by atoms with Gasteiger partial charge in [0.1, 0.15) is 0 Å². The molecule has 2 fully saturated rings. The highest BCUT2D eigenvalue weighted by molar-refractivity contribution is 4.82. The Kier molecular flexibility index (Phi) is 4.69. The summed E-state index contributed by atoms with van der Waals surface area (Å²) >= 11 is 0. The fourth-order valence-corrected chi connectivity index (χ4v) is 3.25. The van der Waals surface area contributed by atoms with Gasteiger partial charge in [0.2, 0.25) is 0 Å². The molecule has 0 amide bonds. The molecule has 0 bridgehead atoms. The zero-order valence-electron chi connectivity index (χ0n) is 11.2. The van der Waals surface area contributed by atoms with E-state index in [1.165, 1.54) is 57.9 Å². The second kappa shape index (κ2) is 6.05. The molecule has 16 heavy (non-hydrogen) atoms. The zero-order chi connectivity index (χ0) is 11.4. The molecule has 2 aliphatic carbocycles. The number of hydrogen-bond donors (Lipinski definition) is 1. The standard InChI is InChI=1S/C15H29N/c1-3-4-13-5-9-15(10-6-13)16-11-12(2)14-7-8-14/h12-16H,3-11H2,1-2H3. The smallest absolute Gasteiger partial charge is 0.00673 e. The van der Waals surface area contributed by atoms with E-state index in [0.29, 0.717) is 0 Å². The van der Waals surface area contributed by atoms with E-state index < -0.39 is 0 Å². The molecule has 94 valence electrons. The maximum atomic E-state index is 3.81. The van der Waals surface area contributed by atoms with E-state index >= 15 is 0 Å². The summed E-state index contributed by atoms with van der Waals surface area (Å²) in [4.78, 5) is 0. The first-order valence-electron chi connectivity index (χ1n) is 7.53. The van der Waals surface area contributed by atoms with Crippen LogP contribution in [0.2, 0.25) is 0 Å². The molecule has 0 radical (unpaired) electrons. The van der Waals surface area contributed by atoms with E-state index in [0.717, 1.165) is 23.8 Å². The van der Waals surface area contributed by atoms with Crippen LogP contribution in [0.3, 0.4) is 0 Å². The second-order valence-corrected chi connectivity index (χ2v) is 6.23. The summed E-state index contributed by atoms with van der Waals surface area (Å²) in [5.41, 5.74) is 0. The van der Waals surface area contributed by atoms with Crippen molar-refractivity contribution in [1.29, 1.82) is 0 Å². The minimum Gasteiger partial charge on any atom is -0.314 e. The van der Waals surface area contributed by atoms with Gasteiger partial charge in [0, 0.05) is 6.04 Å². The zero-order valence-corrected chi connectivity index (χ0v) is 11.2. The first kappa shape index (κ1) is 12.4. The molecule has 0 aromatic heterocycles. The molecular formula is C15H29N. The molecule has 0 aliphatic heterocycles. The van der Waals surface area contributed by atoms with Gasteiger partial charge in [0.05, 0.1) is 0 Å². The summed E-state index contributed by atoms with van der Waals surface area (Å²) in [6, 6.07) is 0.842. The van der Waals surface area contributed by atoms with Crippen LogP contribution in [-0.4, -0.2) is 12.6 Å². The van der Waals surface area contributed by atoms with E-state index in [1.807, 2.05) is 0 Å². The summed E-state index contributed by atoms with van der Waals surface area (Å²) in [5, 5.41) is 3.81. The first-order chi connectivity index (χ1) is 7.79. The largest absolute Gasteiger partial charge is 0.314 e.